The van der Waals surface area contributed by atoms with Crippen LogP contribution in [-0.4, -0.2) is 18.5 Å². The van der Waals surface area contributed by atoms with Crippen LogP contribution in [0, 0.1) is 10.1 Å². The van der Waals surface area contributed by atoms with Gasteiger partial charge in [-0.2, -0.15) is 0 Å². The zero-order valence-electron chi connectivity index (χ0n) is 11.9. The van der Waals surface area contributed by atoms with E-state index in [1.807, 2.05) is 6.07 Å². The van der Waals surface area contributed by atoms with Crippen molar-refractivity contribution in [2.24, 2.45) is 0 Å². The van der Waals surface area contributed by atoms with Gasteiger partial charge in [0.25, 0.3) is 5.69 Å². The predicted molar refractivity (Wildman–Crippen MR) is 83.8 cm³/mol. The standard InChI is InChI=1S/C16H17N3O2/c1-17-15-10-14(19(20)21)6-7-16(15)18-9-8-12-4-2-3-5-13(12)11-18/h2-7,10,17H,8-9,11H2,1H3. The molecule has 5 nitrogen and oxygen atoms in total. The first-order valence-corrected chi connectivity index (χ1v) is 6.97. The average Bonchev–Trinajstić information content (AvgIpc) is 2.53. The van der Waals surface area contributed by atoms with Crippen LogP contribution in [0.3, 0.4) is 0 Å². The van der Waals surface area contributed by atoms with Crippen molar-refractivity contribution in [3.05, 3.63) is 63.7 Å². The maximum atomic E-state index is 10.9. The lowest BCUT2D eigenvalue weighted by Crippen LogP contribution is -2.30. The van der Waals surface area contributed by atoms with E-state index in [2.05, 4.69) is 34.5 Å². The van der Waals surface area contributed by atoms with E-state index in [0.29, 0.717) is 0 Å². The van der Waals surface area contributed by atoms with Crippen LogP contribution in [0.25, 0.3) is 0 Å². The van der Waals surface area contributed by atoms with Crippen molar-refractivity contribution in [1.82, 2.24) is 0 Å². The van der Waals surface area contributed by atoms with Gasteiger partial charge in [0.05, 0.1) is 16.3 Å². The Bertz CT molecular complexity index is 685. The van der Waals surface area contributed by atoms with Crippen LogP contribution < -0.4 is 10.2 Å². The van der Waals surface area contributed by atoms with Gasteiger partial charge in [-0.1, -0.05) is 24.3 Å². The Morgan fingerprint density at radius 1 is 1.19 bits per heavy atom. The van der Waals surface area contributed by atoms with Crippen LogP contribution in [0.4, 0.5) is 17.1 Å². The summed E-state index contributed by atoms with van der Waals surface area (Å²) < 4.78 is 0. The van der Waals surface area contributed by atoms with E-state index in [9.17, 15) is 10.1 Å². The maximum absolute atomic E-state index is 10.9. The fourth-order valence-corrected chi connectivity index (χ4v) is 2.81. The number of hydrogen-bond acceptors (Lipinski definition) is 4. The summed E-state index contributed by atoms with van der Waals surface area (Å²) >= 11 is 0. The molecular formula is C16H17N3O2. The van der Waals surface area contributed by atoms with Gasteiger partial charge in [-0.05, 0) is 23.6 Å². The van der Waals surface area contributed by atoms with Crippen molar-refractivity contribution in [3.8, 4) is 0 Å². The molecule has 2 aromatic rings. The van der Waals surface area contributed by atoms with Crippen molar-refractivity contribution in [1.29, 1.82) is 0 Å². The highest BCUT2D eigenvalue weighted by molar-refractivity contribution is 5.73. The van der Waals surface area contributed by atoms with Crippen LogP contribution in [-0.2, 0) is 13.0 Å². The predicted octanol–water partition coefficient (Wildman–Crippen LogP) is 3.20. The summed E-state index contributed by atoms with van der Waals surface area (Å²) in [6.07, 6.45) is 0.996. The lowest BCUT2D eigenvalue weighted by Gasteiger charge is -2.32. The summed E-state index contributed by atoms with van der Waals surface area (Å²) in [4.78, 5) is 12.8. The first-order chi connectivity index (χ1) is 10.2. The van der Waals surface area contributed by atoms with Crippen LogP contribution in [0.2, 0.25) is 0 Å². The molecule has 0 radical (unpaired) electrons. The topological polar surface area (TPSA) is 58.4 Å². The number of hydrogen-bond donors (Lipinski definition) is 1. The molecule has 0 saturated carbocycles. The number of nitro benzene ring substituents is 1. The van der Waals surface area contributed by atoms with E-state index in [1.165, 1.54) is 11.1 Å². The molecule has 1 heterocycles. The Labute approximate surface area is 123 Å². The van der Waals surface area contributed by atoms with E-state index in [4.69, 9.17) is 0 Å². The Kier molecular flexibility index (Phi) is 3.48. The third kappa shape index (κ3) is 2.54. The van der Waals surface area contributed by atoms with Gasteiger partial charge in [0.1, 0.15) is 0 Å². The summed E-state index contributed by atoms with van der Waals surface area (Å²) in [5.41, 5.74) is 4.63. The number of non-ortho nitro benzene ring substituents is 1. The first kappa shape index (κ1) is 13.4. The number of benzene rings is 2. The zero-order valence-corrected chi connectivity index (χ0v) is 11.9. The van der Waals surface area contributed by atoms with Crippen LogP contribution >= 0.6 is 0 Å². The van der Waals surface area contributed by atoms with Gasteiger partial charge in [0.15, 0.2) is 0 Å². The van der Waals surface area contributed by atoms with Crippen LogP contribution in [0.1, 0.15) is 11.1 Å². The van der Waals surface area contributed by atoms with Crippen molar-refractivity contribution < 1.29 is 4.92 Å². The number of nitrogens with zero attached hydrogens (tertiary/aromatic N) is 2. The van der Waals surface area contributed by atoms with E-state index >= 15 is 0 Å². The maximum Gasteiger partial charge on any atom is 0.271 e. The van der Waals surface area contributed by atoms with Crippen molar-refractivity contribution in [3.63, 3.8) is 0 Å². The molecule has 2 aromatic carbocycles. The third-order valence-electron chi connectivity index (χ3n) is 3.93. The fourth-order valence-electron chi connectivity index (χ4n) is 2.81. The molecule has 5 heteroatoms. The Balaban J connectivity index is 1.93. The monoisotopic (exact) mass is 283 g/mol. The number of anilines is 2. The van der Waals surface area contributed by atoms with E-state index in [1.54, 1.807) is 19.2 Å². The smallest absolute Gasteiger partial charge is 0.271 e. The normalized spacial score (nSPS) is 13.7. The highest BCUT2D eigenvalue weighted by atomic mass is 16.6. The molecule has 0 aliphatic carbocycles. The number of nitro groups is 1. The molecule has 0 amide bonds. The number of rotatable bonds is 3. The van der Waals surface area contributed by atoms with Gasteiger partial charge in [-0.15, -0.1) is 0 Å². The molecule has 0 unspecified atom stereocenters. The summed E-state index contributed by atoms with van der Waals surface area (Å²) in [7, 11) is 1.79. The molecule has 0 atom stereocenters. The van der Waals surface area contributed by atoms with Gasteiger partial charge >= 0.3 is 0 Å². The molecule has 0 saturated heterocycles. The van der Waals surface area contributed by atoms with E-state index in [0.717, 1.165) is 30.9 Å². The van der Waals surface area contributed by atoms with E-state index < -0.39 is 0 Å². The molecule has 0 aromatic heterocycles. The molecule has 108 valence electrons. The van der Waals surface area contributed by atoms with Gasteiger partial charge in [0.2, 0.25) is 0 Å². The summed E-state index contributed by atoms with van der Waals surface area (Å²) in [6, 6.07) is 13.4. The first-order valence-electron chi connectivity index (χ1n) is 6.97. The number of fused-ring (bicyclic) bond motifs is 1. The minimum atomic E-state index is -0.365. The molecule has 0 fully saturated rings. The highest BCUT2D eigenvalue weighted by Gasteiger charge is 2.19. The van der Waals surface area contributed by atoms with Crippen molar-refractivity contribution in [2.75, 3.05) is 23.8 Å². The second-order valence-corrected chi connectivity index (χ2v) is 5.15. The lowest BCUT2D eigenvalue weighted by molar-refractivity contribution is -0.384. The SMILES string of the molecule is CNc1cc([N+](=O)[O-])ccc1N1CCc2ccccc2C1. The van der Waals surface area contributed by atoms with Crippen molar-refractivity contribution >= 4 is 17.1 Å². The minimum Gasteiger partial charge on any atom is -0.386 e. The van der Waals surface area contributed by atoms with Gasteiger partial charge in [-0.3, -0.25) is 10.1 Å². The van der Waals surface area contributed by atoms with Gasteiger partial charge in [0, 0.05) is 32.3 Å². The van der Waals surface area contributed by atoms with Gasteiger partial charge in [-0.25, -0.2) is 0 Å². The second-order valence-electron chi connectivity index (χ2n) is 5.15. The quantitative estimate of drug-likeness (QED) is 0.694. The molecule has 1 aliphatic rings. The molecule has 21 heavy (non-hydrogen) atoms. The van der Waals surface area contributed by atoms with Crippen LogP contribution in [0.5, 0.6) is 0 Å². The molecule has 1 aliphatic heterocycles. The van der Waals surface area contributed by atoms with E-state index in [-0.39, 0.29) is 10.6 Å². The number of nitrogens with one attached hydrogen (secondary N) is 1. The third-order valence-corrected chi connectivity index (χ3v) is 3.93. The molecular weight excluding hydrogens is 266 g/mol. The van der Waals surface area contributed by atoms with Gasteiger partial charge < -0.3 is 10.2 Å². The second kappa shape index (κ2) is 5.44. The zero-order chi connectivity index (χ0) is 14.8. The molecule has 3 rings (SSSR count). The van der Waals surface area contributed by atoms with Crippen molar-refractivity contribution in [2.45, 2.75) is 13.0 Å². The Hall–Kier alpha value is -2.56. The molecule has 1 N–H and O–H groups in total. The Morgan fingerprint density at radius 3 is 2.67 bits per heavy atom. The average molecular weight is 283 g/mol. The summed E-state index contributed by atoms with van der Waals surface area (Å²) in [5, 5.41) is 14.0. The Morgan fingerprint density at radius 2 is 1.95 bits per heavy atom. The summed E-state index contributed by atoms with van der Waals surface area (Å²) in [6.45, 7) is 1.76. The fraction of sp³-hybridized carbons (Fsp3) is 0.250. The largest absolute Gasteiger partial charge is 0.386 e. The minimum absolute atomic E-state index is 0.112. The van der Waals surface area contributed by atoms with Crippen LogP contribution in [0.15, 0.2) is 42.5 Å². The summed E-state index contributed by atoms with van der Waals surface area (Å²) in [5.74, 6) is 0. The molecule has 0 spiro atoms. The molecule has 0 bridgehead atoms. The lowest BCUT2D eigenvalue weighted by atomic mass is 9.99. The highest BCUT2D eigenvalue weighted by Crippen LogP contribution is 2.33.